The van der Waals surface area contributed by atoms with Gasteiger partial charge in [-0.3, -0.25) is 0 Å². The normalized spacial score (nSPS) is 11.3. The van der Waals surface area contributed by atoms with Crippen LogP contribution < -0.4 is 0 Å². The molecule has 2 heterocycles. The second kappa shape index (κ2) is 4.15. The van der Waals surface area contributed by atoms with Crippen LogP contribution in [0.25, 0.3) is 15.5 Å². The van der Waals surface area contributed by atoms with E-state index in [9.17, 15) is 9.50 Å². The highest BCUT2D eigenvalue weighted by Crippen LogP contribution is 2.27. The third-order valence-corrected chi connectivity index (χ3v) is 3.68. The van der Waals surface area contributed by atoms with E-state index < -0.39 is 0 Å². The molecule has 4 nitrogen and oxygen atoms in total. The second-order valence-electron chi connectivity index (χ2n) is 3.91. The van der Waals surface area contributed by atoms with Crippen molar-refractivity contribution in [2.24, 2.45) is 0 Å². The average Bonchev–Trinajstić information content (AvgIpc) is 2.85. The zero-order valence-electron chi connectivity index (χ0n) is 9.59. The largest absolute Gasteiger partial charge is 0.390 e. The predicted molar refractivity (Wildman–Crippen MR) is 66.9 cm³/mol. The van der Waals surface area contributed by atoms with Crippen molar-refractivity contribution in [2.45, 2.75) is 13.5 Å². The molecule has 92 valence electrons. The Morgan fingerprint density at radius 2 is 2.28 bits per heavy atom. The number of aryl methyl sites for hydroxylation is 1. The first-order valence-electron chi connectivity index (χ1n) is 5.41. The van der Waals surface area contributed by atoms with Crippen LogP contribution >= 0.6 is 11.3 Å². The lowest BCUT2D eigenvalue weighted by molar-refractivity contribution is 0.273. The SMILES string of the molecule is Cc1nc2sc(-c3cccc(F)c3)nn2c1CO. The molecule has 0 radical (unpaired) electrons. The van der Waals surface area contributed by atoms with E-state index in [-0.39, 0.29) is 12.4 Å². The van der Waals surface area contributed by atoms with Crippen LogP contribution in [0.5, 0.6) is 0 Å². The Morgan fingerprint density at radius 3 is 3.00 bits per heavy atom. The Kier molecular flexibility index (Phi) is 2.61. The summed E-state index contributed by atoms with van der Waals surface area (Å²) in [5, 5.41) is 14.3. The summed E-state index contributed by atoms with van der Waals surface area (Å²) in [5.74, 6) is -0.293. The second-order valence-corrected chi connectivity index (χ2v) is 4.87. The minimum Gasteiger partial charge on any atom is -0.390 e. The molecule has 18 heavy (non-hydrogen) atoms. The monoisotopic (exact) mass is 263 g/mol. The Labute approximate surface area is 106 Å². The van der Waals surface area contributed by atoms with Gasteiger partial charge in [0.2, 0.25) is 4.96 Å². The number of nitrogens with zero attached hydrogens (tertiary/aromatic N) is 3. The molecule has 0 aliphatic rings. The molecule has 6 heteroatoms. The van der Waals surface area contributed by atoms with E-state index in [0.29, 0.717) is 21.2 Å². The van der Waals surface area contributed by atoms with Gasteiger partial charge >= 0.3 is 0 Å². The zero-order valence-corrected chi connectivity index (χ0v) is 10.4. The third kappa shape index (κ3) is 1.70. The summed E-state index contributed by atoms with van der Waals surface area (Å²) >= 11 is 1.37. The zero-order chi connectivity index (χ0) is 12.7. The fourth-order valence-corrected chi connectivity index (χ4v) is 2.77. The molecule has 0 atom stereocenters. The highest BCUT2D eigenvalue weighted by Gasteiger charge is 2.14. The van der Waals surface area contributed by atoms with Gasteiger partial charge in [0.1, 0.15) is 10.8 Å². The molecule has 3 rings (SSSR count). The van der Waals surface area contributed by atoms with E-state index >= 15 is 0 Å². The molecule has 0 saturated carbocycles. The number of rotatable bonds is 2. The van der Waals surface area contributed by atoms with Crippen molar-refractivity contribution in [3.8, 4) is 10.6 Å². The number of aliphatic hydroxyl groups is 1. The van der Waals surface area contributed by atoms with Gasteiger partial charge in [0.15, 0.2) is 0 Å². The molecule has 1 aromatic carbocycles. The van der Waals surface area contributed by atoms with Crippen LogP contribution in [0.1, 0.15) is 11.4 Å². The smallest absolute Gasteiger partial charge is 0.213 e. The standard InChI is InChI=1S/C12H10FN3OS/c1-7-10(6-17)16-12(14-7)18-11(15-16)8-3-2-4-9(13)5-8/h2-5,17H,6H2,1H3. The molecule has 0 spiro atoms. The highest BCUT2D eigenvalue weighted by atomic mass is 32.1. The number of hydrogen-bond donors (Lipinski definition) is 1. The maximum atomic E-state index is 13.2. The van der Waals surface area contributed by atoms with Crippen molar-refractivity contribution in [1.29, 1.82) is 0 Å². The predicted octanol–water partition coefficient (Wildman–Crippen LogP) is 2.40. The number of aliphatic hydroxyl groups excluding tert-OH is 1. The molecule has 2 aromatic heterocycles. The third-order valence-electron chi connectivity index (χ3n) is 2.72. The van der Waals surface area contributed by atoms with Crippen molar-refractivity contribution in [3.05, 3.63) is 41.5 Å². The van der Waals surface area contributed by atoms with Crippen molar-refractivity contribution in [1.82, 2.24) is 14.6 Å². The first-order chi connectivity index (χ1) is 8.69. The first-order valence-corrected chi connectivity index (χ1v) is 6.22. The van der Waals surface area contributed by atoms with Gasteiger partial charge in [-0.25, -0.2) is 13.9 Å². The molecule has 0 amide bonds. The molecule has 0 saturated heterocycles. The van der Waals surface area contributed by atoms with Gasteiger partial charge in [-0.15, -0.1) is 0 Å². The minimum atomic E-state index is -0.293. The lowest BCUT2D eigenvalue weighted by Crippen LogP contribution is -1.95. The Hall–Kier alpha value is -1.79. The number of halogens is 1. The van der Waals surface area contributed by atoms with Gasteiger partial charge in [0.25, 0.3) is 0 Å². The topological polar surface area (TPSA) is 50.4 Å². The lowest BCUT2D eigenvalue weighted by Gasteiger charge is -1.96. The fraction of sp³-hybridized carbons (Fsp3) is 0.167. The van der Waals surface area contributed by atoms with E-state index in [0.717, 1.165) is 5.69 Å². The van der Waals surface area contributed by atoms with Gasteiger partial charge in [-0.2, -0.15) is 5.10 Å². The summed E-state index contributed by atoms with van der Waals surface area (Å²) in [7, 11) is 0. The van der Waals surface area contributed by atoms with E-state index in [4.69, 9.17) is 0 Å². The van der Waals surface area contributed by atoms with Crippen molar-refractivity contribution in [2.75, 3.05) is 0 Å². The number of benzene rings is 1. The quantitative estimate of drug-likeness (QED) is 0.772. The maximum Gasteiger partial charge on any atom is 0.213 e. The number of fused-ring (bicyclic) bond motifs is 1. The molecule has 1 N–H and O–H groups in total. The Balaban J connectivity index is 2.17. The minimum absolute atomic E-state index is 0.112. The van der Waals surface area contributed by atoms with Crippen molar-refractivity contribution in [3.63, 3.8) is 0 Å². The number of hydrogen-bond acceptors (Lipinski definition) is 4. The van der Waals surface area contributed by atoms with E-state index in [1.165, 1.54) is 23.5 Å². The molecule has 0 aliphatic carbocycles. The van der Waals surface area contributed by atoms with E-state index in [1.807, 2.05) is 6.92 Å². The van der Waals surface area contributed by atoms with Gasteiger partial charge in [-0.05, 0) is 19.1 Å². The lowest BCUT2D eigenvalue weighted by atomic mass is 10.2. The molecular formula is C12H10FN3OS. The molecule has 0 fully saturated rings. The summed E-state index contributed by atoms with van der Waals surface area (Å²) in [6.07, 6.45) is 0. The van der Waals surface area contributed by atoms with Crippen molar-refractivity contribution < 1.29 is 9.50 Å². The summed E-state index contributed by atoms with van der Waals surface area (Å²) < 4.78 is 14.8. The van der Waals surface area contributed by atoms with Gasteiger partial charge < -0.3 is 5.11 Å². The van der Waals surface area contributed by atoms with Gasteiger partial charge in [0.05, 0.1) is 18.0 Å². The Bertz CT molecular complexity index is 719. The molecule has 0 unspecified atom stereocenters. The molecule has 3 aromatic rings. The summed E-state index contributed by atoms with van der Waals surface area (Å²) in [4.78, 5) is 5.02. The first kappa shape index (κ1) is 11.3. The maximum absolute atomic E-state index is 13.2. The van der Waals surface area contributed by atoms with Gasteiger partial charge in [0, 0.05) is 5.56 Å². The summed E-state index contributed by atoms with van der Waals surface area (Å²) in [5.41, 5.74) is 2.15. The van der Waals surface area contributed by atoms with E-state index in [1.54, 1.807) is 16.6 Å². The molecular weight excluding hydrogens is 253 g/mol. The summed E-state index contributed by atoms with van der Waals surface area (Å²) in [6.45, 7) is 1.72. The van der Waals surface area contributed by atoms with E-state index in [2.05, 4.69) is 10.1 Å². The average molecular weight is 263 g/mol. The van der Waals surface area contributed by atoms with Crippen LogP contribution in [0.4, 0.5) is 4.39 Å². The number of aromatic nitrogens is 3. The van der Waals surface area contributed by atoms with Crippen molar-refractivity contribution >= 4 is 16.3 Å². The van der Waals surface area contributed by atoms with Crippen LogP contribution in [0, 0.1) is 12.7 Å². The molecule has 0 bridgehead atoms. The van der Waals surface area contributed by atoms with Crippen LogP contribution in [-0.2, 0) is 6.61 Å². The van der Waals surface area contributed by atoms with Crippen LogP contribution in [0.15, 0.2) is 24.3 Å². The van der Waals surface area contributed by atoms with Crippen LogP contribution in [0.3, 0.4) is 0 Å². The number of imidazole rings is 1. The Morgan fingerprint density at radius 1 is 1.44 bits per heavy atom. The highest BCUT2D eigenvalue weighted by molar-refractivity contribution is 7.19. The summed E-state index contributed by atoms with van der Waals surface area (Å²) in [6, 6.07) is 6.27. The van der Waals surface area contributed by atoms with Crippen LogP contribution in [0.2, 0.25) is 0 Å². The van der Waals surface area contributed by atoms with Gasteiger partial charge in [-0.1, -0.05) is 23.5 Å². The fourth-order valence-electron chi connectivity index (χ4n) is 1.81. The molecule has 0 aliphatic heterocycles. The van der Waals surface area contributed by atoms with Crippen LogP contribution in [-0.4, -0.2) is 19.7 Å².